The zero-order chi connectivity index (χ0) is 17.3. The second-order valence-electron chi connectivity index (χ2n) is 6.71. The first-order chi connectivity index (χ1) is 11.3. The normalized spacial score (nSPS) is 27.2. The first-order valence-corrected chi connectivity index (χ1v) is 9.14. The standard InChI is InChI=1S/C16H20F3N3OS/c1-9(12-7-10-2-3-11(12)6-10)21-14(23)8-24-15-20-5-4-13(22-15)16(17,18)19/h4-5,9-12H,2-3,6-8H2,1H3,(H,21,23)/t9-,10-,11-,12+/m0/s1. The maximum atomic E-state index is 12.6. The maximum absolute atomic E-state index is 12.6. The lowest BCUT2D eigenvalue weighted by Gasteiger charge is -2.28. The summed E-state index contributed by atoms with van der Waals surface area (Å²) in [6.45, 7) is 2.02. The van der Waals surface area contributed by atoms with Crippen LogP contribution >= 0.6 is 11.8 Å². The van der Waals surface area contributed by atoms with Gasteiger partial charge in [-0.1, -0.05) is 18.2 Å². The molecule has 24 heavy (non-hydrogen) atoms. The molecule has 0 spiro atoms. The fourth-order valence-electron chi connectivity index (χ4n) is 4.01. The highest BCUT2D eigenvalue weighted by atomic mass is 32.2. The quantitative estimate of drug-likeness (QED) is 0.645. The van der Waals surface area contributed by atoms with Crippen molar-refractivity contribution in [3.05, 3.63) is 18.0 Å². The Balaban J connectivity index is 1.49. The smallest absolute Gasteiger partial charge is 0.353 e. The third-order valence-corrected chi connectivity index (χ3v) is 5.94. The van der Waals surface area contributed by atoms with Gasteiger partial charge in [0.2, 0.25) is 5.91 Å². The molecule has 2 bridgehead atoms. The molecule has 0 unspecified atom stereocenters. The first kappa shape index (κ1) is 17.5. The summed E-state index contributed by atoms with van der Waals surface area (Å²) in [6, 6.07) is 0.928. The molecule has 1 N–H and O–H groups in total. The molecule has 2 saturated carbocycles. The highest BCUT2D eigenvalue weighted by molar-refractivity contribution is 7.99. The minimum atomic E-state index is -4.50. The molecule has 2 aliphatic rings. The minimum absolute atomic E-state index is 0.0203. The Bertz CT molecular complexity index is 610. The van der Waals surface area contributed by atoms with Crippen LogP contribution in [0.25, 0.3) is 0 Å². The SMILES string of the molecule is C[C@H](NC(=O)CSc1nccc(C(F)(F)F)n1)[C@H]1C[C@H]2CC[C@H]1C2. The van der Waals surface area contributed by atoms with E-state index < -0.39 is 11.9 Å². The predicted molar refractivity (Wildman–Crippen MR) is 84.3 cm³/mol. The van der Waals surface area contributed by atoms with Gasteiger partial charge in [0.15, 0.2) is 5.16 Å². The van der Waals surface area contributed by atoms with Crippen molar-refractivity contribution in [2.24, 2.45) is 17.8 Å². The van der Waals surface area contributed by atoms with Crippen LogP contribution in [0.4, 0.5) is 13.2 Å². The molecule has 1 aromatic rings. The number of aromatic nitrogens is 2. The van der Waals surface area contributed by atoms with Gasteiger partial charge in [0.05, 0.1) is 5.75 Å². The van der Waals surface area contributed by atoms with Crippen molar-refractivity contribution in [3.63, 3.8) is 0 Å². The van der Waals surface area contributed by atoms with Gasteiger partial charge in [0.25, 0.3) is 0 Å². The van der Waals surface area contributed by atoms with Gasteiger partial charge < -0.3 is 5.32 Å². The Morgan fingerprint density at radius 2 is 2.21 bits per heavy atom. The number of carbonyl (C=O) groups excluding carboxylic acids is 1. The van der Waals surface area contributed by atoms with Crippen molar-refractivity contribution in [1.82, 2.24) is 15.3 Å². The molecule has 8 heteroatoms. The highest BCUT2D eigenvalue weighted by Crippen LogP contribution is 2.49. The average molecular weight is 359 g/mol. The molecule has 132 valence electrons. The lowest BCUT2D eigenvalue weighted by atomic mass is 9.84. The number of nitrogens with one attached hydrogen (secondary N) is 1. The Labute approximate surface area is 143 Å². The van der Waals surface area contributed by atoms with Crippen LogP contribution in [-0.2, 0) is 11.0 Å². The Morgan fingerprint density at radius 1 is 1.42 bits per heavy atom. The lowest BCUT2D eigenvalue weighted by molar-refractivity contribution is -0.141. The van der Waals surface area contributed by atoms with Crippen LogP contribution < -0.4 is 5.32 Å². The minimum Gasteiger partial charge on any atom is -0.353 e. The summed E-state index contributed by atoms with van der Waals surface area (Å²) in [4.78, 5) is 19.3. The number of hydrogen-bond acceptors (Lipinski definition) is 4. The molecule has 1 aromatic heterocycles. The average Bonchev–Trinajstić information content (AvgIpc) is 3.15. The van der Waals surface area contributed by atoms with Crippen molar-refractivity contribution >= 4 is 17.7 Å². The zero-order valence-corrected chi connectivity index (χ0v) is 14.2. The number of amides is 1. The molecule has 0 saturated heterocycles. The van der Waals surface area contributed by atoms with Gasteiger partial charge in [-0.05, 0) is 50.0 Å². The van der Waals surface area contributed by atoms with Gasteiger partial charge >= 0.3 is 6.18 Å². The summed E-state index contributed by atoms with van der Waals surface area (Å²) in [5, 5.41) is 2.95. The number of fused-ring (bicyclic) bond motifs is 2. The molecule has 0 aromatic carbocycles. The van der Waals surface area contributed by atoms with Crippen molar-refractivity contribution in [1.29, 1.82) is 0 Å². The molecule has 1 heterocycles. The fourth-order valence-corrected chi connectivity index (χ4v) is 4.65. The molecule has 3 rings (SSSR count). The van der Waals surface area contributed by atoms with E-state index in [1.165, 1.54) is 25.7 Å². The molecule has 0 aliphatic heterocycles. The summed E-state index contributed by atoms with van der Waals surface area (Å²) < 4.78 is 37.8. The van der Waals surface area contributed by atoms with E-state index in [4.69, 9.17) is 0 Å². The lowest BCUT2D eigenvalue weighted by Crippen LogP contribution is -2.40. The number of halogens is 3. The second kappa shape index (κ2) is 6.90. The Hall–Kier alpha value is -1.31. The monoisotopic (exact) mass is 359 g/mol. The van der Waals surface area contributed by atoms with E-state index >= 15 is 0 Å². The summed E-state index contributed by atoms with van der Waals surface area (Å²) >= 11 is 0.924. The van der Waals surface area contributed by atoms with E-state index in [1.54, 1.807) is 0 Å². The number of nitrogens with zero attached hydrogens (tertiary/aromatic N) is 2. The van der Waals surface area contributed by atoms with Gasteiger partial charge in [-0.15, -0.1) is 0 Å². The second-order valence-corrected chi connectivity index (χ2v) is 7.65. The highest BCUT2D eigenvalue weighted by Gasteiger charge is 2.42. The summed E-state index contributed by atoms with van der Waals surface area (Å²) in [6.07, 6.45) is 1.57. The van der Waals surface area contributed by atoms with Crippen molar-refractivity contribution < 1.29 is 18.0 Å². The van der Waals surface area contributed by atoms with Gasteiger partial charge in [0.1, 0.15) is 5.69 Å². The van der Waals surface area contributed by atoms with Crippen molar-refractivity contribution in [2.75, 3.05) is 5.75 Å². The van der Waals surface area contributed by atoms with E-state index in [1.807, 2.05) is 6.92 Å². The van der Waals surface area contributed by atoms with E-state index in [9.17, 15) is 18.0 Å². The zero-order valence-electron chi connectivity index (χ0n) is 13.3. The van der Waals surface area contributed by atoms with E-state index in [2.05, 4.69) is 15.3 Å². The number of alkyl halides is 3. The van der Waals surface area contributed by atoms with E-state index in [0.717, 1.165) is 29.9 Å². The van der Waals surface area contributed by atoms with Gasteiger partial charge in [0, 0.05) is 12.2 Å². The van der Waals surface area contributed by atoms with Crippen LogP contribution in [0.3, 0.4) is 0 Å². The summed E-state index contributed by atoms with van der Waals surface area (Å²) in [7, 11) is 0. The molecule has 0 radical (unpaired) electrons. The largest absolute Gasteiger partial charge is 0.433 e. The molecular weight excluding hydrogens is 339 g/mol. The van der Waals surface area contributed by atoms with E-state index in [0.29, 0.717) is 11.8 Å². The number of carbonyl (C=O) groups is 1. The Kier molecular flexibility index (Phi) is 5.03. The van der Waals surface area contributed by atoms with Crippen LogP contribution in [0.2, 0.25) is 0 Å². The van der Waals surface area contributed by atoms with Crippen LogP contribution in [0.5, 0.6) is 0 Å². The molecule has 4 nitrogen and oxygen atoms in total. The summed E-state index contributed by atoms with van der Waals surface area (Å²) in [5.74, 6) is 1.89. The molecular formula is C16H20F3N3OS. The molecule has 4 atom stereocenters. The van der Waals surface area contributed by atoms with Gasteiger partial charge in [-0.3, -0.25) is 4.79 Å². The number of hydrogen-bond donors (Lipinski definition) is 1. The van der Waals surface area contributed by atoms with Crippen LogP contribution in [-0.4, -0.2) is 27.7 Å². The number of rotatable bonds is 5. The van der Waals surface area contributed by atoms with E-state index in [-0.39, 0.29) is 22.9 Å². The molecule has 1 amide bonds. The van der Waals surface area contributed by atoms with Crippen molar-refractivity contribution in [2.45, 2.75) is 50.0 Å². The molecule has 2 fully saturated rings. The predicted octanol–water partition coefficient (Wildman–Crippen LogP) is 3.53. The van der Waals surface area contributed by atoms with Crippen LogP contribution in [0.15, 0.2) is 17.4 Å². The van der Waals surface area contributed by atoms with Gasteiger partial charge in [-0.25, -0.2) is 9.97 Å². The Morgan fingerprint density at radius 3 is 2.83 bits per heavy atom. The van der Waals surface area contributed by atoms with Crippen molar-refractivity contribution in [3.8, 4) is 0 Å². The molecule has 2 aliphatic carbocycles. The van der Waals surface area contributed by atoms with Crippen LogP contribution in [0, 0.1) is 17.8 Å². The fraction of sp³-hybridized carbons (Fsp3) is 0.688. The maximum Gasteiger partial charge on any atom is 0.433 e. The van der Waals surface area contributed by atoms with Crippen LogP contribution in [0.1, 0.15) is 38.3 Å². The third kappa shape index (κ3) is 4.02. The van der Waals surface area contributed by atoms with Gasteiger partial charge in [-0.2, -0.15) is 13.2 Å². The number of thioether (sulfide) groups is 1. The summed E-state index contributed by atoms with van der Waals surface area (Å²) in [5.41, 5.74) is -0.990. The topological polar surface area (TPSA) is 54.9 Å². The third-order valence-electron chi connectivity index (χ3n) is 5.08. The first-order valence-electron chi connectivity index (χ1n) is 8.15.